The van der Waals surface area contributed by atoms with Crippen molar-refractivity contribution in [2.45, 2.75) is 25.8 Å². The van der Waals surface area contributed by atoms with Crippen molar-refractivity contribution in [3.63, 3.8) is 0 Å². The molecule has 1 N–H and O–H groups in total. The van der Waals surface area contributed by atoms with Crippen LogP contribution in [-0.2, 0) is 4.74 Å². The van der Waals surface area contributed by atoms with Crippen molar-refractivity contribution in [3.8, 4) is 0 Å². The normalized spacial score (nSPS) is 15.5. The summed E-state index contributed by atoms with van der Waals surface area (Å²) in [6.45, 7) is 4.66. The lowest BCUT2D eigenvalue weighted by Crippen LogP contribution is -2.42. The van der Waals surface area contributed by atoms with Gasteiger partial charge in [0.1, 0.15) is 0 Å². The van der Waals surface area contributed by atoms with Gasteiger partial charge >= 0.3 is 0 Å². The first-order chi connectivity index (χ1) is 6.29. The minimum Gasteiger partial charge on any atom is -0.383 e. The largest absolute Gasteiger partial charge is 0.383 e. The third kappa shape index (κ3) is 3.48. The summed E-state index contributed by atoms with van der Waals surface area (Å²) in [6, 6.07) is 0.701. The number of ether oxygens (including phenoxy) is 1. The number of nitrogens with one attached hydrogen (secondary N) is 1. The van der Waals surface area contributed by atoms with E-state index in [1.54, 1.807) is 7.11 Å². The van der Waals surface area contributed by atoms with Crippen molar-refractivity contribution in [2.24, 2.45) is 0 Å². The van der Waals surface area contributed by atoms with Gasteiger partial charge in [0.25, 0.3) is 0 Å². The number of thiocarbonyl (C=S) groups is 1. The van der Waals surface area contributed by atoms with Gasteiger partial charge in [-0.3, -0.25) is 0 Å². The zero-order valence-corrected chi connectivity index (χ0v) is 9.19. The van der Waals surface area contributed by atoms with E-state index in [1.165, 1.54) is 12.8 Å². The van der Waals surface area contributed by atoms with E-state index in [0.29, 0.717) is 12.6 Å². The number of methoxy groups -OCH3 is 1. The molecule has 76 valence electrons. The fourth-order valence-electron chi connectivity index (χ4n) is 1.32. The molecule has 1 aliphatic carbocycles. The number of hydrogen-bond donors (Lipinski definition) is 1. The molecular weight excluding hydrogens is 184 g/mol. The van der Waals surface area contributed by atoms with Crippen LogP contribution >= 0.6 is 12.2 Å². The summed E-state index contributed by atoms with van der Waals surface area (Å²) in [6.07, 6.45) is 2.58. The van der Waals surface area contributed by atoms with Crippen LogP contribution in [0.2, 0.25) is 0 Å². The highest BCUT2D eigenvalue weighted by molar-refractivity contribution is 7.80. The molecule has 3 nitrogen and oxygen atoms in total. The van der Waals surface area contributed by atoms with Crippen molar-refractivity contribution in [1.29, 1.82) is 0 Å². The molecule has 13 heavy (non-hydrogen) atoms. The van der Waals surface area contributed by atoms with E-state index in [1.807, 2.05) is 0 Å². The number of nitrogens with zero attached hydrogens (tertiary/aromatic N) is 1. The van der Waals surface area contributed by atoms with E-state index in [0.717, 1.165) is 18.2 Å². The highest BCUT2D eigenvalue weighted by atomic mass is 32.1. The van der Waals surface area contributed by atoms with Crippen molar-refractivity contribution >= 4 is 17.3 Å². The molecule has 0 aromatic rings. The molecule has 0 aromatic heterocycles. The van der Waals surface area contributed by atoms with Crippen LogP contribution in [0, 0.1) is 0 Å². The van der Waals surface area contributed by atoms with Crippen molar-refractivity contribution < 1.29 is 4.74 Å². The quantitative estimate of drug-likeness (QED) is 0.531. The molecule has 0 heterocycles. The molecule has 4 heteroatoms. The fraction of sp³-hybridized carbons (Fsp3) is 0.889. The van der Waals surface area contributed by atoms with Gasteiger partial charge in [0.15, 0.2) is 5.11 Å². The summed E-state index contributed by atoms with van der Waals surface area (Å²) in [5.74, 6) is 0. The maximum absolute atomic E-state index is 5.26. The van der Waals surface area contributed by atoms with Crippen LogP contribution in [0.5, 0.6) is 0 Å². The summed E-state index contributed by atoms with van der Waals surface area (Å²) in [7, 11) is 1.70. The molecule has 1 saturated carbocycles. The third-order valence-electron chi connectivity index (χ3n) is 2.17. The van der Waals surface area contributed by atoms with Gasteiger partial charge in [0, 0.05) is 26.2 Å². The monoisotopic (exact) mass is 202 g/mol. The Morgan fingerprint density at radius 3 is 2.77 bits per heavy atom. The summed E-state index contributed by atoms with van der Waals surface area (Å²) >= 11 is 5.26. The zero-order valence-electron chi connectivity index (χ0n) is 8.38. The Bertz CT molecular complexity index is 171. The Balaban J connectivity index is 2.19. The van der Waals surface area contributed by atoms with Crippen molar-refractivity contribution in [3.05, 3.63) is 0 Å². The van der Waals surface area contributed by atoms with Crippen LogP contribution in [0.25, 0.3) is 0 Å². The van der Waals surface area contributed by atoms with Crippen molar-refractivity contribution in [1.82, 2.24) is 10.2 Å². The van der Waals surface area contributed by atoms with Gasteiger partial charge < -0.3 is 15.0 Å². The predicted octanol–water partition coefficient (Wildman–Crippen LogP) is 0.992. The fourth-order valence-corrected chi connectivity index (χ4v) is 1.70. The molecule has 1 fully saturated rings. The van der Waals surface area contributed by atoms with Gasteiger partial charge in [-0.05, 0) is 32.0 Å². The lowest BCUT2D eigenvalue weighted by molar-refractivity contribution is 0.203. The van der Waals surface area contributed by atoms with Crippen LogP contribution in [0.1, 0.15) is 19.8 Å². The molecule has 0 saturated heterocycles. The van der Waals surface area contributed by atoms with E-state index in [-0.39, 0.29) is 0 Å². The SMILES string of the molecule is CCN(C(=S)NCCOC)C1CC1. The Kier molecular flexibility index (Phi) is 4.45. The Hall–Kier alpha value is -0.350. The topological polar surface area (TPSA) is 24.5 Å². The molecule has 0 radical (unpaired) electrons. The molecule has 0 aromatic carbocycles. The van der Waals surface area contributed by atoms with Gasteiger partial charge in [-0.15, -0.1) is 0 Å². The van der Waals surface area contributed by atoms with E-state index in [4.69, 9.17) is 17.0 Å². The second-order valence-electron chi connectivity index (χ2n) is 3.24. The maximum Gasteiger partial charge on any atom is 0.169 e. The molecule has 1 aliphatic rings. The standard InChI is InChI=1S/C9H18N2OS/c1-3-11(8-4-5-8)9(13)10-6-7-12-2/h8H,3-7H2,1-2H3,(H,10,13). The van der Waals surface area contributed by atoms with E-state index in [9.17, 15) is 0 Å². The van der Waals surface area contributed by atoms with E-state index in [2.05, 4.69) is 17.1 Å². The third-order valence-corrected chi connectivity index (χ3v) is 2.55. The number of rotatable bonds is 5. The van der Waals surface area contributed by atoms with Crippen LogP contribution in [0.3, 0.4) is 0 Å². The van der Waals surface area contributed by atoms with E-state index < -0.39 is 0 Å². The first-order valence-electron chi connectivity index (χ1n) is 4.83. The predicted molar refractivity (Wildman–Crippen MR) is 57.9 cm³/mol. The Morgan fingerprint density at radius 2 is 2.31 bits per heavy atom. The summed E-state index contributed by atoms with van der Waals surface area (Å²) in [5, 5.41) is 4.07. The summed E-state index contributed by atoms with van der Waals surface area (Å²) in [4.78, 5) is 2.25. The molecule has 0 bridgehead atoms. The average Bonchev–Trinajstić information content (AvgIpc) is 2.90. The highest BCUT2D eigenvalue weighted by Crippen LogP contribution is 2.26. The van der Waals surface area contributed by atoms with Gasteiger partial charge in [-0.1, -0.05) is 0 Å². The zero-order chi connectivity index (χ0) is 9.68. The molecule has 0 spiro atoms. The van der Waals surface area contributed by atoms with Crippen molar-refractivity contribution in [2.75, 3.05) is 26.8 Å². The Labute approximate surface area is 85.4 Å². The molecule has 0 amide bonds. The summed E-state index contributed by atoms with van der Waals surface area (Å²) in [5.41, 5.74) is 0. The van der Waals surface area contributed by atoms with Gasteiger partial charge in [0.2, 0.25) is 0 Å². The van der Waals surface area contributed by atoms with E-state index >= 15 is 0 Å². The first-order valence-corrected chi connectivity index (χ1v) is 5.23. The molecule has 1 rings (SSSR count). The minimum atomic E-state index is 0.701. The highest BCUT2D eigenvalue weighted by Gasteiger charge is 2.29. The maximum atomic E-state index is 5.26. The average molecular weight is 202 g/mol. The van der Waals surface area contributed by atoms with Crippen LogP contribution in [0.15, 0.2) is 0 Å². The Morgan fingerprint density at radius 1 is 1.62 bits per heavy atom. The van der Waals surface area contributed by atoms with Crippen LogP contribution < -0.4 is 5.32 Å². The molecule has 0 atom stereocenters. The molecule has 0 unspecified atom stereocenters. The smallest absolute Gasteiger partial charge is 0.169 e. The lowest BCUT2D eigenvalue weighted by Gasteiger charge is -2.23. The van der Waals surface area contributed by atoms with Gasteiger partial charge in [-0.25, -0.2) is 0 Å². The minimum absolute atomic E-state index is 0.701. The van der Waals surface area contributed by atoms with Gasteiger partial charge in [0.05, 0.1) is 6.61 Å². The van der Waals surface area contributed by atoms with Gasteiger partial charge in [-0.2, -0.15) is 0 Å². The second kappa shape index (κ2) is 5.40. The lowest BCUT2D eigenvalue weighted by atomic mass is 10.5. The van der Waals surface area contributed by atoms with Crippen LogP contribution in [0.4, 0.5) is 0 Å². The molecular formula is C9H18N2OS. The van der Waals surface area contributed by atoms with Crippen LogP contribution in [-0.4, -0.2) is 42.9 Å². The second-order valence-corrected chi connectivity index (χ2v) is 3.63. The summed E-state index contributed by atoms with van der Waals surface area (Å²) < 4.78 is 4.94. The number of hydrogen-bond acceptors (Lipinski definition) is 2. The molecule has 0 aliphatic heterocycles. The first kappa shape index (κ1) is 10.7.